The molecule has 142 valence electrons. The van der Waals surface area contributed by atoms with Gasteiger partial charge in [-0.3, -0.25) is 14.2 Å². The van der Waals surface area contributed by atoms with Crippen LogP contribution in [0, 0.1) is 0 Å². The number of carbonyl (C=O) groups is 2. The van der Waals surface area contributed by atoms with Gasteiger partial charge in [0.25, 0.3) is 0 Å². The van der Waals surface area contributed by atoms with E-state index in [1.165, 1.54) is 0 Å². The molecule has 0 bridgehead atoms. The van der Waals surface area contributed by atoms with Crippen molar-refractivity contribution < 1.29 is 9.59 Å². The quantitative estimate of drug-likeness (QED) is 0.855. The number of rotatable bonds is 3. The highest BCUT2D eigenvalue weighted by molar-refractivity contribution is 6.01. The molecule has 8 nitrogen and oxygen atoms in total. The number of benzene rings is 1. The third-order valence-corrected chi connectivity index (χ3v) is 5.57. The Labute approximate surface area is 156 Å². The molecule has 0 unspecified atom stereocenters. The van der Waals surface area contributed by atoms with Gasteiger partial charge >= 0.3 is 5.69 Å². The van der Waals surface area contributed by atoms with E-state index in [0.29, 0.717) is 19.6 Å². The molecule has 0 aliphatic carbocycles. The summed E-state index contributed by atoms with van der Waals surface area (Å²) in [6.07, 6.45) is 1.71. The SMILES string of the molecule is CCn1c(C2CCN(C(=O)[C@H]3CC(=O)Nc4ccccc43)CC2)n[nH]c1=O. The zero-order chi connectivity index (χ0) is 19.0. The Morgan fingerprint density at radius 2 is 1.96 bits per heavy atom. The topological polar surface area (TPSA) is 100 Å². The molecule has 0 saturated carbocycles. The van der Waals surface area contributed by atoms with Crippen LogP contribution in [0.1, 0.15) is 49.4 Å². The maximum absolute atomic E-state index is 13.1. The molecule has 2 aliphatic rings. The van der Waals surface area contributed by atoms with Crippen LogP contribution in [0.5, 0.6) is 0 Å². The Bertz CT molecular complexity index is 923. The van der Waals surface area contributed by atoms with Crippen LogP contribution in [-0.4, -0.2) is 44.6 Å². The van der Waals surface area contributed by atoms with Crippen molar-refractivity contribution in [2.24, 2.45) is 0 Å². The lowest BCUT2D eigenvalue weighted by Crippen LogP contribution is -2.43. The number of piperidine rings is 1. The molecule has 3 heterocycles. The molecule has 1 saturated heterocycles. The first-order chi connectivity index (χ1) is 13.1. The van der Waals surface area contributed by atoms with Gasteiger partial charge in [0, 0.05) is 37.7 Å². The fourth-order valence-corrected chi connectivity index (χ4v) is 4.16. The molecular formula is C19H23N5O3. The van der Waals surface area contributed by atoms with Crippen molar-refractivity contribution in [2.45, 2.75) is 44.6 Å². The summed E-state index contributed by atoms with van der Waals surface area (Å²) in [6.45, 7) is 3.71. The Morgan fingerprint density at radius 3 is 2.70 bits per heavy atom. The van der Waals surface area contributed by atoms with E-state index >= 15 is 0 Å². The minimum atomic E-state index is -0.425. The van der Waals surface area contributed by atoms with Crippen molar-refractivity contribution in [3.8, 4) is 0 Å². The van der Waals surface area contributed by atoms with E-state index in [1.54, 1.807) is 4.57 Å². The standard InChI is InChI=1S/C19H23N5O3/c1-2-24-17(21-22-19(24)27)12-7-9-23(10-8-12)18(26)14-11-16(25)20-15-6-4-3-5-13(14)15/h3-6,12,14H,2,7-11H2,1H3,(H,20,25)(H,22,27)/t14-/m0/s1. The van der Waals surface area contributed by atoms with E-state index in [0.717, 1.165) is 29.9 Å². The molecule has 1 aromatic carbocycles. The summed E-state index contributed by atoms with van der Waals surface area (Å²) < 4.78 is 1.66. The summed E-state index contributed by atoms with van der Waals surface area (Å²) in [5.41, 5.74) is 1.43. The second-order valence-electron chi connectivity index (χ2n) is 7.12. The van der Waals surface area contributed by atoms with Gasteiger partial charge in [-0.25, -0.2) is 9.89 Å². The zero-order valence-corrected chi connectivity index (χ0v) is 15.3. The number of nitrogens with zero attached hydrogens (tertiary/aromatic N) is 3. The van der Waals surface area contributed by atoms with E-state index in [1.807, 2.05) is 36.1 Å². The van der Waals surface area contributed by atoms with Crippen molar-refractivity contribution in [3.63, 3.8) is 0 Å². The highest BCUT2D eigenvalue weighted by Gasteiger charge is 2.35. The van der Waals surface area contributed by atoms with Crippen molar-refractivity contribution in [3.05, 3.63) is 46.1 Å². The van der Waals surface area contributed by atoms with Crippen molar-refractivity contribution >= 4 is 17.5 Å². The molecule has 2 aliphatic heterocycles. The number of para-hydroxylation sites is 1. The van der Waals surface area contributed by atoms with Crippen molar-refractivity contribution in [1.82, 2.24) is 19.7 Å². The number of carbonyl (C=O) groups excluding carboxylic acids is 2. The molecule has 0 spiro atoms. The summed E-state index contributed by atoms with van der Waals surface area (Å²) >= 11 is 0. The zero-order valence-electron chi connectivity index (χ0n) is 15.3. The molecule has 8 heteroatoms. The van der Waals surface area contributed by atoms with Gasteiger partial charge in [-0.2, -0.15) is 5.10 Å². The van der Waals surface area contributed by atoms with E-state index in [-0.39, 0.29) is 29.8 Å². The Kier molecular flexibility index (Phi) is 4.55. The molecule has 27 heavy (non-hydrogen) atoms. The lowest BCUT2D eigenvalue weighted by Gasteiger charge is -2.35. The highest BCUT2D eigenvalue weighted by Crippen LogP contribution is 2.35. The Hall–Kier alpha value is -2.90. The van der Waals surface area contributed by atoms with Crippen LogP contribution in [0.4, 0.5) is 5.69 Å². The molecule has 1 aromatic heterocycles. The van der Waals surface area contributed by atoms with Crippen LogP contribution in [-0.2, 0) is 16.1 Å². The maximum atomic E-state index is 13.1. The fraction of sp³-hybridized carbons (Fsp3) is 0.474. The van der Waals surface area contributed by atoms with E-state index in [4.69, 9.17) is 0 Å². The number of amides is 2. The van der Waals surface area contributed by atoms with Crippen LogP contribution >= 0.6 is 0 Å². The van der Waals surface area contributed by atoms with Gasteiger partial charge in [0.05, 0.1) is 5.92 Å². The van der Waals surface area contributed by atoms with Gasteiger partial charge in [0.2, 0.25) is 11.8 Å². The Morgan fingerprint density at radius 1 is 1.22 bits per heavy atom. The minimum absolute atomic E-state index is 0.00524. The summed E-state index contributed by atoms with van der Waals surface area (Å²) in [5.74, 6) is 0.397. The number of H-pyrrole nitrogens is 1. The number of aromatic nitrogens is 3. The molecule has 1 atom stereocenters. The van der Waals surface area contributed by atoms with Crippen LogP contribution in [0.25, 0.3) is 0 Å². The highest BCUT2D eigenvalue weighted by atomic mass is 16.2. The normalized spacial score (nSPS) is 20.3. The van der Waals surface area contributed by atoms with Crippen LogP contribution in [0.3, 0.4) is 0 Å². The summed E-state index contributed by atoms with van der Waals surface area (Å²) in [7, 11) is 0. The first-order valence-electron chi connectivity index (χ1n) is 9.41. The van der Waals surface area contributed by atoms with Gasteiger partial charge in [-0.15, -0.1) is 0 Å². The van der Waals surface area contributed by atoms with Gasteiger partial charge in [0.15, 0.2) is 0 Å². The number of hydrogen-bond donors (Lipinski definition) is 2. The lowest BCUT2D eigenvalue weighted by molar-refractivity contribution is -0.136. The maximum Gasteiger partial charge on any atom is 0.343 e. The average Bonchev–Trinajstić information content (AvgIpc) is 3.07. The molecule has 2 aromatic rings. The molecule has 2 N–H and O–H groups in total. The first kappa shape index (κ1) is 17.5. The summed E-state index contributed by atoms with van der Waals surface area (Å²) in [5, 5.41) is 9.54. The minimum Gasteiger partial charge on any atom is -0.342 e. The largest absolute Gasteiger partial charge is 0.343 e. The predicted molar refractivity (Wildman–Crippen MR) is 99.5 cm³/mol. The van der Waals surface area contributed by atoms with E-state index in [2.05, 4.69) is 15.5 Å². The monoisotopic (exact) mass is 369 g/mol. The third kappa shape index (κ3) is 3.15. The van der Waals surface area contributed by atoms with Gasteiger partial charge in [-0.05, 0) is 31.4 Å². The summed E-state index contributed by atoms with van der Waals surface area (Å²) in [4.78, 5) is 38.7. The molecule has 0 radical (unpaired) electrons. The fourth-order valence-electron chi connectivity index (χ4n) is 4.16. The van der Waals surface area contributed by atoms with E-state index in [9.17, 15) is 14.4 Å². The molecule has 4 rings (SSSR count). The van der Waals surface area contributed by atoms with Crippen LogP contribution in [0.15, 0.2) is 29.1 Å². The second kappa shape index (κ2) is 7.02. The molecule has 2 amide bonds. The number of anilines is 1. The first-order valence-corrected chi connectivity index (χ1v) is 9.41. The van der Waals surface area contributed by atoms with Crippen LogP contribution < -0.4 is 11.0 Å². The van der Waals surface area contributed by atoms with Gasteiger partial charge in [-0.1, -0.05) is 18.2 Å². The smallest absolute Gasteiger partial charge is 0.342 e. The second-order valence-corrected chi connectivity index (χ2v) is 7.12. The van der Waals surface area contributed by atoms with Crippen LogP contribution in [0.2, 0.25) is 0 Å². The van der Waals surface area contributed by atoms with Gasteiger partial charge in [0.1, 0.15) is 5.82 Å². The number of hydrogen-bond acceptors (Lipinski definition) is 4. The predicted octanol–water partition coefficient (Wildman–Crippen LogP) is 1.42. The molecular weight excluding hydrogens is 346 g/mol. The van der Waals surface area contributed by atoms with Crippen molar-refractivity contribution in [2.75, 3.05) is 18.4 Å². The average molecular weight is 369 g/mol. The third-order valence-electron chi connectivity index (χ3n) is 5.57. The number of aromatic amines is 1. The van der Waals surface area contributed by atoms with Crippen molar-refractivity contribution in [1.29, 1.82) is 0 Å². The summed E-state index contributed by atoms with van der Waals surface area (Å²) in [6, 6.07) is 7.49. The number of fused-ring (bicyclic) bond motifs is 1. The lowest BCUT2D eigenvalue weighted by atomic mass is 9.88. The number of nitrogens with one attached hydrogen (secondary N) is 2. The van der Waals surface area contributed by atoms with Gasteiger partial charge < -0.3 is 10.2 Å². The molecule has 1 fully saturated rings. The van der Waals surface area contributed by atoms with E-state index < -0.39 is 5.92 Å². The number of likely N-dealkylation sites (tertiary alicyclic amines) is 1. The Balaban J connectivity index is 1.48.